The molecule has 0 aliphatic carbocycles. The molecule has 126 valence electrons. The third kappa shape index (κ3) is 5.52. The minimum atomic E-state index is 0.117. The summed E-state index contributed by atoms with van der Waals surface area (Å²) in [7, 11) is 0. The predicted molar refractivity (Wildman–Crippen MR) is 97.3 cm³/mol. The number of hydrogen-bond donors (Lipinski definition) is 1. The van der Waals surface area contributed by atoms with Gasteiger partial charge in [0.1, 0.15) is 0 Å². The summed E-state index contributed by atoms with van der Waals surface area (Å²) in [5.41, 5.74) is 7.07. The summed E-state index contributed by atoms with van der Waals surface area (Å²) in [6, 6.07) is 6.85. The van der Waals surface area contributed by atoms with Crippen LogP contribution in [0.1, 0.15) is 37.5 Å². The van der Waals surface area contributed by atoms with Crippen molar-refractivity contribution >= 4 is 0 Å². The fourth-order valence-electron chi connectivity index (χ4n) is 2.31. The summed E-state index contributed by atoms with van der Waals surface area (Å²) in [6.07, 6.45) is 5.79. The maximum atomic E-state index is 4.15. The van der Waals surface area contributed by atoms with Crippen molar-refractivity contribution in [2.24, 2.45) is 5.41 Å². The van der Waals surface area contributed by atoms with Crippen LogP contribution in [0.4, 0.5) is 0 Å². The second-order valence-corrected chi connectivity index (χ2v) is 10.3. The summed E-state index contributed by atoms with van der Waals surface area (Å²) >= 11 is 0.117. The Labute approximate surface area is 152 Å². The second kappa shape index (κ2) is 7.69. The van der Waals surface area contributed by atoms with Crippen LogP contribution in [0, 0.1) is 19.3 Å². The molecule has 0 aromatic heterocycles. The van der Waals surface area contributed by atoms with E-state index in [1.54, 1.807) is 9.15 Å². The third-order valence-corrected chi connectivity index (χ3v) is 7.37. The molecule has 2 rings (SSSR count). The van der Waals surface area contributed by atoms with Crippen LogP contribution in [0.3, 0.4) is 0 Å². The first-order valence-electron chi connectivity index (χ1n) is 8.23. The summed E-state index contributed by atoms with van der Waals surface area (Å²) in [5.74, 6) is 0. The summed E-state index contributed by atoms with van der Waals surface area (Å²) in [5, 5.41) is 3.51. The Morgan fingerprint density at radius 2 is 1.91 bits per heavy atom. The molecule has 0 radical (unpaired) electrons. The number of alkyl halides is 1. The van der Waals surface area contributed by atoms with Crippen molar-refractivity contribution in [1.29, 1.82) is 0 Å². The van der Waals surface area contributed by atoms with E-state index in [0.717, 1.165) is 18.7 Å². The molecule has 0 unspecified atom stereocenters. The van der Waals surface area contributed by atoms with Gasteiger partial charge in [0.05, 0.1) is 0 Å². The Kier molecular flexibility index (Phi) is 6.12. The zero-order chi connectivity index (χ0) is 17.0. The van der Waals surface area contributed by atoms with E-state index < -0.39 is 0 Å². The quantitative estimate of drug-likeness (QED) is 0.565. The van der Waals surface area contributed by atoms with Crippen LogP contribution in [0.25, 0.3) is 0 Å². The van der Waals surface area contributed by atoms with Gasteiger partial charge < -0.3 is 0 Å². The molecular weight excluding hydrogens is 393 g/mol. The maximum absolute atomic E-state index is 4.15. The number of rotatable bonds is 5. The molecular formula is C21H29IN-. The van der Waals surface area contributed by atoms with Crippen molar-refractivity contribution in [2.75, 3.05) is 11.0 Å². The normalized spacial score (nSPS) is 15.3. The number of allylic oxidation sites excluding steroid dienone is 4. The number of halogens is 1. The van der Waals surface area contributed by atoms with Crippen LogP contribution in [-0.2, 0) is 6.42 Å². The Morgan fingerprint density at radius 3 is 2.48 bits per heavy atom. The topological polar surface area (TPSA) is 12.0 Å². The Hall–Kier alpha value is -1.03. The average Bonchev–Trinajstić information content (AvgIpc) is 2.49. The SMILES string of the molecule is C=C(NCC1=CC=C(Cc2ccc(C)c(C)c2)C[I-]1)C(C)(C)C. The molecule has 1 heterocycles. The first-order valence-corrected chi connectivity index (χ1v) is 10.8. The Morgan fingerprint density at radius 1 is 1.17 bits per heavy atom. The van der Waals surface area contributed by atoms with Crippen LogP contribution >= 0.6 is 0 Å². The molecule has 0 amide bonds. The van der Waals surface area contributed by atoms with E-state index in [-0.39, 0.29) is 26.6 Å². The zero-order valence-electron chi connectivity index (χ0n) is 15.1. The van der Waals surface area contributed by atoms with E-state index in [1.165, 1.54) is 21.1 Å². The predicted octanol–water partition coefficient (Wildman–Crippen LogP) is 1.91. The third-order valence-electron chi connectivity index (χ3n) is 4.29. The molecule has 1 aliphatic heterocycles. The van der Waals surface area contributed by atoms with Gasteiger partial charge in [0.15, 0.2) is 0 Å². The molecule has 0 bridgehead atoms. The van der Waals surface area contributed by atoms with Gasteiger partial charge in [-0.15, -0.1) is 0 Å². The van der Waals surface area contributed by atoms with Crippen LogP contribution in [-0.4, -0.2) is 11.0 Å². The molecule has 0 saturated carbocycles. The molecule has 0 atom stereocenters. The van der Waals surface area contributed by atoms with Gasteiger partial charge in [0, 0.05) is 0 Å². The minimum absolute atomic E-state index is 0.117. The zero-order valence-corrected chi connectivity index (χ0v) is 17.3. The van der Waals surface area contributed by atoms with E-state index in [1.807, 2.05) is 0 Å². The van der Waals surface area contributed by atoms with E-state index in [9.17, 15) is 0 Å². The van der Waals surface area contributed by atoms with Crippen molar-refractivity contribution in [3.05, 3.63) is 68.5 Å². The van der Waals surface area contributed by atoms with Crippen molar-refractivity contribution < 1.29 is 21.2 Å². The number of benzene rings is 1. The molecule has 1 aliphatic rings. The molecule has 1 nitrogen and oxygen atoms in total. The summed E-state index contributed by atoms with van der Waals surface area (Å²) in [6.45, 7) is 16.1. The van der Waals surface area contributed by atoms with Crippen LogP contribution < -0.4 is 26.5 Å². The number of hydrogen-bond acceptors (Lipinski definition) is 1. The van der Waals surface area contributed by atoms with Gasteiger partial charge in [-0.05, 0) is 0 Å². The van der Waals surface area contributed by atoms with E-state index in [0.29, 0.717) is 0 Å². The molecule has 1 N–H and O–H groups in total. The molecule has 0 saturated heterocycles. The molecule has 2 heteroatoms. The molecule has 23 heavy (non-hydrogen) atoms. The van der Waals surface area contributed by atoms with Gasteiger partial charge in [-0.2, -0.15) is 0 Å². The van der Waals surface area contributed by atoms with Gasteiger partial charge in [0.2, 0.25) is 0 Å². The monoisotopic (exact) mass is 422 g/mol. The molecule has 0 spiro atoms. The summed E-state index contributed by atoms with van der Waals surface area (Å²) < 4.78 is 2.86. The van der Waals surface area contributed by atoms with Crippen LogP contribution in [0.5, 0.6) is 0 Å². The first-order chi connectivity index (χ1) is 10.8. The number of aryl methyl sites for hydroxylation is 2. The van der Waals surface area contributed by atoms with Crippen LogP contribution in [0.15, 0.2) is 51.8 Å². The van der Waals surface area contributed by atoms with E-state index >= 15 is 0 Å². The second-order valence-electron chi connectivity index (χ2n) is 7.38. The van der Waals surface area contributed by atoms with E-state index in [2.05, 4.69) is 76.9 Å². The molecule has 0 fully saturated rings. The fraction of sp³-hybridized carbons (Fsp3) is 0.429. The van der Waals surface area contributed by atoms with Crippen molar-refractivity contribution in [3.63, 3.8) is 0 Å². The molecule has 1 aromatic carbocycles. The van der Waals surface area contributed by atoms with Gasteiger partial charge in [-0.1, -0.05) is 0 Å². The fourth-order valence-corrected chi connectivity index (χ4v) is 4.71. The first kappa shape index (κ1) is 18.3. The van der Waals surface area contributed by atoms with Gasteiger partial charge >= 0.3 is 152 Å². The van der Waals surface area contributed by atoms with Crippen molar-refractivity contribution in [3.8, 4) is 0 Å². The van der Waals surface area contributed by atoms with Crippen molar-refractivity contribution in [2.45, 2.75) is 41.0 Å². The summed E-state index contributed by atoms with van der Waals surface area (Å²) in [4.78, 5) is 0. The van der Waals surface area contributed by atoms with Gasteiger partial charge in [0.25, 0.3) is 0 Å². The van der Waals surface area contributed by atoms with E-state index in [4.69, 9.17) is 0 Å². The van der Waals surface area contributed by atoms with Gasteiger partial charge in [-0.25, -0.2) is 0 Å². The van der Waals surface area contributed by atoms with Gasteiger partial charge in [-0.3, -0.25) is 0 Å². The Balaban J connectivity index is 1.92. The number of nitrogens with one attached hydrogen (secondary N) is 1. The average molecular weight is 422 g/mol. The molecule has 1 aromatic rings. The standard InChI is InChI=1S/C21H29IN/c1-15-7-8-18(11-16(15)2)12-19-9-10-20(22-13-19)14-23-17(3)21(4,5)6/h7-11,23H,3,12-14H2,1-2,4-6H3/q-1. The van der Waals surface area contributed by atoms with Crippen molar-refractivity contribution in [1.82, 2.24) is 5.32 Å². The van der Waals surface area contributed by atoms with Crippen LogP contribution in [0.2, 0.25) is 0 Å². The Bertz CT molecular complexity index is 644.